The molecular formula is C20H22N2. The van der Waals surface area contributed by atoms with E-state index >= 15 is 0 Å². The van der Waals surface area contributed by atoms with Crippen molar-refractivity contribution in [3.63, 3.8) is 0 Å². The molecule has 0 aliphatic carbocycles. The Morgan fingerprint density at radius 2 is 1.86 bits per heavy atom. The zero-order valence-corrected chi connectivity index (χ0v) is 13.3. The zero-order valence-electron chi connectivity index (χ0n) is 13.3. The van der Waals surface area contributed by atoms with Gasteiger partial charge in [-0.2, -0.15) is 0 Å². The molecule has 2 aromatic carbocycles. The van der Waals surface area contributed by atoms with Crippen molar-refractivity contribution in [1.29, 1.82) is 0 Å². The van der Waals surface area contributed by atoms with Crippen LogP contribution in [0.3, 0.4) is 0 Å². The minimum Gasteiger partial charge on any atom is -0.387 e. The summed E-state index contributed by atoms with van der Waals surface area (Å²) in [7, 11) is 2.01. The van der Waals surface area contributed by atoms with Gasteiger partial charge >= 0.3 is 0 Å². The second-order valence-corrected chi connectivity index (χ2v) is 5.57. The highest BCUT2D eigenvalue weighted by atomic mass is 14.8. The number of pyridine rings is 1. The maximum absolute atomic E-state index is 4.56. The van der Waals surface area contributed by atoms with Crippen molar-refractivity contribution >= 4 is 16.6 Å². The first-order chi connectivity index (χ1) is 10.8. The van der Waals surface area contributed by atoms with Gasteiger partial charge in [-0.1, -0.05) is 43.7 Å². The lowest BCUT2D eigenvalue weighted by atomic mass is 9.92. The molecule has 0 saturated carbocycles. The number of fused-ring (bicyclic) bond motifs is 1. The molecular weight excluding hydrogens is 268 g/mol. The molecule has 0 bridgehead atoms. The van der Waals surface area contributed by atoms with E-state index in [1.165, 1.54) is 40.6 Å². The van der Waals surface area contributed by atoms with Gasteiger partial charge in [0.05, 0.1) is 5.52 Å². The molecule has 0 amide bonds. The summed E-state index contributed by atoms with van der Waals surface area (Å²) in [5.74, 6) is 0. The topological polar surface area (TPSA) is 24.9 Å². The molecule has 0 fully saturated rings. The maximum atomic E-state index is 4.56. The van der Waals surface area contributed by atoms with Crippen LogP contribution in [0.15, 0.2) is 54.7 Å². The SMILES string of the molecule is CCCCc1c(-c2ccccc2)cc2ncccc2c1NC. The highest BCUT2D eigenvalue weighted by Gasteiger charge is 2.14. The highest BCUT2D eigenvalue weighted by Crippen LogP contribution is 2.36. The molecule has 0 radical (unpaired) electrons. The second kappa shape index (κ2) is 6.61. The average molecular weight is 290 g/mol. The Bertz CT molecular complexity index is 763. The van der Waals surface area contributed by atoms with E-state index in [1.807, 2.05) is 19.3 Å². The van der Waals surface area contributed by atoms with Crippen LogP contribution < -0.4 is 5.32 Å². The Labute approximate surface area is 132 Å². The molecule has 3 aromatic rings. The number of hydrogen-bond acceptors (Lipinski definition) is 2. The van der Waals surface area contributed by atoms with Gasteiger partial charge in [-0.25, -0.2) is 0 Å². The predicted octanol–water partition coefficient (Wildman–Crippen LogP) is 5.29. The maximum Gasteiger partial charge on any atom is 0.0729 e. The quantitative estimate of drug-likeness (QED) is 0.691. The molecule has 1 N–H and O–H groups in total. The van der Waals surface area contributed by atoms with E-state index in [4.69, 9.17) is 0 Å². The van der Waals surface area contributed by atoms with Gasteiger partial charge in [0.2, 0.25) is 0 Å². The van der Waals surface area contributed by atoms with Crippen molar-refractivity contribution in [2.75, 3.05) is 12.4 Å². The average Bonchev–Trinajstić information content (AvgIpc) is 2.59. The molecule has 1 heterocycles. The van der Waals surface area contributed by atoms with Crippen LogP contribution in [0.25, 0.3) is 22.0 Å². The van der Waals surface area contributed by atoms with Crippen LogP contribution in [0.1, 0.15) is 25.3 Å². The third-order valence-corrected chi connectivity index (χ3v) is 4.13. The van der Waals surface area contributed by atoms with E-state index in [0.29, 0.717) is 0 Å². The molecule has 2 heteroatoms. The molecule has 2 nitrogen and oxygen atoms in total. The summed E-state index contributed by atoms with van der Waals surface area (Å²) in [5.41, 5.74) is 6.22. The number of unbranched alkanes of at least 4 members (excludes halogenated alkanes) is 1. The van der Waals surface area contributed by atoms with Crippen LogP contribution in [0, 0.1) is 0 Å². The number of rotatable bonds is 5. The van der Waals surface area contributed by atoms with Crippen LogP contribution >= 0.6 is 0 Å². The van der Waals surface area contributed by atoms with Crippen LogP contribution in [-0.4, -0.2) is 12.0 Å². The normalized spacial score (nSPS) is 10.8. The van der Waals surface area contributed by atoms with Crippen molar-refractivity contribution in [3.8, 4) is 11.1 Å². The summed E-state index contributed by atoms with van der Waals surface area (Å²) < 4.78 is 0. The van der Waals surface area contributed by atoms with Crippen molar-refractivity contribution in [2.24, 2.45) is 0 Å². The van der Waals surface area contributed by atoms with Crippen molar-refractivity contribution in [3.05, 3.63) is 60.3 Å². The number of hydrogen-bond donors (Lipinski definition) is 1. The second-order valence-electron chi connectivity index (χ2n) is 5.57. The van der Waals surface area contributed by atoms with Crippen LogP contribution in [0.2, 0.25) is 0 Å². The summed E-state index contributed by atoms with van der Waals surface area (Å²) in [6.07, 6.45) is 5.34. The van der Waals surface area contributed by atoms with Gasteiger partial charge in [0, 0.05) is 24.3 Å². The number of nitrogens with zero attached hydrogens (tertiary/aromatic N) is 1. The Morgan fingerprint density at radius 3 is 2.59 bits per heavy atom. The first kappa shape index (κ1) is 14.6. The van der Waals surface area contributed by atoms with E-state index in [2.05, 4.69) is 59.7 Å². The molecule has 0 aliphatic rings. The van der Waals surface area contributed by atoms with Crippen molar-refractivity contribution < 1.29 is 0 Å². The van der Waals surface area contributed by atoms with Gasteiger partial charge in [0.1, 0.15) is 0 Å². The molecule has 22 heavy (non-hydrogen) atoms. The highest BCUT2D eigenvalue weighted by molar-refractivity contribution is 5.98. The molecule has 112 valence electrons. The fraction of sp³-hybridized carbons (Fsp3) is 0.250. The molecule has 0 aliphatic heterocycles. The largest absolute Gasteiger partial charge is 0.387 e. The van der Waals surface area contributed by atoms with Gasteiger partial charge in [0.15, 0.2) is 0 Å². The number of anilines is 1. The monoisotopic (exact) mass is 290 g/mol. The lowest BCUT2D eigenvalue weighted by Crippen LogP contribution is -2.01. The molecule has 1 aromatic heterocycles. The van der Waals surface area contributed by atoms with Crippen LogP contribution in [-0.2, 0) is 6.42 Å². The first-order valence-electron chi connectivity index (χ1n) is 7.99. The summed E-state index contributed by atoms with van der Waals surface area (Å²) in [6.45, 7) is 2.24. The molecule has 0 atom stereocenters. The summed E-state index contributed by atoms with van der Waals surface area (Å²) in [5, 5.41) is 4.62. The fourth-order valence-corrected chi connectivity index (χ4v) is 3.04. The number of aromatic nitrogens is 1. The van der Waals surface area contributed by atoms with E-state index in [0.717, 1.165) is 11.9 Å². The Morgan fingerprint density at radius 1 is 1.05 bits per heavy atom. The van der Waals surface area contributed by atoms with E-state index in [9.17, 15) is 0 Å². The van der Waals surface area contributed by atoms with Gasteiger partial charge < -0.3 is 5.32 Å². The number of benzene rings is 2. The summed E-state index contributed by atoms with van der Waals surface area (Å²) in [6, 6.07) is 17.0. The first-order valence-corrected chi connectivity index (χ1v) is 7.99. The van der Waals surface area contributed by atoms with E-state index in [-0.39, 0.29) is 0 Å². The van der Waals surface area contributed by atoms with Gasteiger partial charge in [-0.05, 0) is 47.7 Å². The third-order valence-electron chi connectivity index (χ3n) is 4.13. The predicted molar refractivity (Wildman–Crippen MR) is 95.3 cm³/mol. The Hall–Kier alpha value is -2.35. The molecule has 3 rings (SSSR count). The van der Waals surface area contributed by atoms with Crippen molar-refractivity contribution in [2.45, 2.75) is 26.2 Å². The Balaban J connectivity index is 2.28. The smallest absolute Gasteiger partial charge is 0.0729 e. The molecule has 0 spiro atoms. The van der Waals surface area contributed by atoms with Crippen molar-refractivity contribution in [1.82, 2.24) is 4.98 Å². The lowest BCUT2D eigenvalue weighted by Gasteiger charge is -2.17. The summed E-state index contributed by atoms with van der Waals surface area (Å²) in [4.78, 5) is 4.56. The van der Waals surface area contributed by atoms with Gasteiger partial charge in [-0.15, -0.1) is 0 Å². The standard InChI is InChI=1S/C20H22N2/c1-3-4-11-16-18(15-9-6-5-7-10-15)14-19-17(20(16)21-2)12-8-13-22-19/h5-10,12-14,21H,3-4,11H2,1-2H3. The van der Waals surface area contributed by atoms with Crippen LogP contribution in [0.5, 0.6) is 0 Å². The number of nitrogens with one attached hydrogen (secondary N) is 1. The molecule has 0 saturated heterocycles. The minimum atomic E-state index is 1.05. The Kier molecular flexibility index (Phi) is 4.38. The molecule has 0 unspecified atom stereocenters. The third kappa shape index (κ3) is 2.69. The van der Waals surface area contributed by atoms with Crippen LogP contribution in [0.4, 0.5) is 5.69 Å². The van der Waals surface area contributed by atoms with E-state index in [1.54, 1.807) is 0 Å². The van der Waals surface area contributed by atoms with Gasteiger partial charge in [0.25, 0.3) is 0 Å². The van der Waals surface area contributed by atoms with Gasteiger partial charge in [-0.3, -0.25) is 4.98 Å². The zero-order chi connectivity index (χ0) is 15.4. The fourth-order valence-electron chi connectivity index (χ4n) is 3.04. The lowest BCUT2D eigenvalue weighted by molar-refractivity contribution is 0.797. The minimum absolute atomic E-state index is 1.05. The summed E-state index contributed by atoms with van der Waals surface area (Å²) >= 11 is 0. The van der Waals surface area contributed by atoms with E-state index < -0.39 is 0 Å².